The highest BCUT2D eigenvalue weighted by Gasteiger charge is 2.23. The molecule has 4 N–H and O–H groups in total. The predicted molar refractivity (Wildman–Crippen MR) is 97.3 cm³/mol. The molecule has 1 saturated heterocycles. The van der Waals surface area contributed by atoms with Crippen molar-refractivity contribution >= 4 is 23.2 Å². The lowest BCUT2D eigenvalue weighted by atomic mass is 10.1. The molecule has 25 heavy (non-hydrogen) atoms. The Morgan fingerprint density at radius 1 is 1.32 bits per heavy atom. The van der Waals surface area contributed by atoms with Gasteiger partial charge in [-0.1, -0.05) is 17.7 Å². The average molecular weight is 341 g/mol. The molecule has 2 atom stereocenters. The first-order chi connectivity index (χ1) is 12.0. The van der Waals surface area contributed by atoms with Gasteiger partial charge < -0.3 is 21.1 Å². The largest absolute Gasteiger partial charge is 0.380 e. The van der Waals surface area contributed by atoms with Crippen LogP contribution < -0.4 is 16.4 Å². The SMILES string of the molecule is CC(=O)c1cnc(N[C@@H]2CCOC[C@@H]2N)nc1Nc1ccc(C)cc1. The van der Waals surface area contributed by atoms with Gasteiger partial charge in [0.1, 0.15) is 5.82 Å². The molecule has 1 fully saturated rings. The number of carbonyl (C=O) groups excluding carboxylic acids is 1. The number of ether oxygens (including phenoxy) is 1. The minimum Gasteiger partial charge on any atom is -0.380 e. The van der Waals surface area contributed by atoms with Crippen LogP contribution in [0.1, 0.15) is 29.3 Å². The normalized spacial score (nSPS) is 20.1. The van der Waals surface area contributed by atoms with Crippen molar-refractivity contribution in [2.75, 3.05) is 23.8 Å². The van der Waals surface area contributed by atoms with Crippen molar-refractivity contribution in [2.24, 2.45) is 5.73 Å². The van der Waals surface area contributed by atoms with Crippen molar-refractivity contribution in [1.29, 1.82) is 0 Å². The highest BCUT2D eigenvalue weighted by Crippen LogP contribution is 2.21. The van der Waals surface area contributed by atoms with E-state index in [4.69, 9.17) is 10.5 Å². The van der Waals surface area contributed by atoms with Crippen molar-refractivity contribution in [3.63, 3.8) is 0 Å². The molecule has 1 aromatic carbocycles. The molecule has 7 nitrogen and oxygen atoms in total. The van der Waals surface area contributed by atoms with Gasteiger partial charge in [0.15, 0.2) is 5.78 Å². The Morgan fingerprint density at radius 3 is 2.76 bits per heavy atom. The highest BCUT2D eigenvalue weighted by atomic mass is 16.5. The number of hydrogen-bond acceptors (Lipinski definition) is 7. The van der Waals surface area contributed by atoms with Crippen LogP contribution in [0.15, 0.2) is 30.5 Å². The van der Waals surface area contributed by atoms with Crippen molar-refractivity contribution in [2.45, 2.75) is 32.4 Å². The molecule has 132 valence electrons. The third-order valence-corrected chi connectivity index (χ3v) is 4.20. The Kier molecular flexibility index (Phi) is 5.25. The number of benzene rings is 1. The maximum Gasteiger partial charge on any atom is 0.224 e. The number of rotatable bonds is 5. The smallest absolute Gasteiger partial charge is 0.224 e. The van der Waals surface area contributed by atoms with Gasteiger partial charge >= 0.3 is 0 Å². The minimum absolute atomic E-state index is 0.0455. The quantitative estimate of drug-likeness (QED) is 0.717. The zero-order valence-corrected chi connectivity index (χ0v) is 14.5. The molecule has 0 aliphatic carbocycles. The van der Waals surface area contributed by atoms with Crippen LogP contribution in [0.5, 0.6) is 0 Å². The van der Waals surface area contributed by atoms with Crippen LogP contribution in [0.2, 0.25) is 0 Å². The van der Waals surface area contributed by atoms with E-state index < -0.39 is 0 Å². The minimum atomic E-state index is -0.113. The molecular formula is C18H23N5O2. The van der Waals surface area contributed by atoms with Gasteiger partial charge in [0, 0.05) is 30.6 Å². The number of hydrogen-bond donors (Lipinski definition) is 3. The van der Waals surface area contributed by atoms with E-state index in [2.05, 4.69) is 20.6 Å². The molecule has 0 spiro atoms. The number of carbonyl (C=O) groups is 1. The van der Waals surface area contributed by atoms with Gasteiger partial charge in [0.2, 0.25) is 5.95 Å². The first kappa shape index (κ1) is 17.3. The molecule has 0 saturated carbocycles. The maximum atomic E-state index is 11.9. The Labute approximate surface area is 147 Å². The van der Waals surface area contributed by atoms with Gasteiger partial charge in [-0.2, -0.15) is 4.98 Å². The summed E-state index contributed by atoms with van der Waals surface area (Å²) in [5.74, 6) is 0.834. The van der Waals surface area contributed by atoms with Crippen LogP contribution in [-0.2, 0) is 4.74 Å². The molecule has 0 bridgehead atoms. The van der Waals surface area contributed by atoms with Gasteiger partial charge in [-0.05, 0) is 32.4 Å². The van der Waals surface area contributed by atoms with E-state index in [1.54, 1.807) is 6.20 Å². The van der Waals surface area contributed by atoms with Gasteiger partial charge in [-0.25, -0.2) is 4.98 Å². The van der Waals surface area contributed by atoms with Crippen molar-refractivity contribution in [3.8, 4) is 0 Å². The number of nitrogens with one attached hydrogen (secondary N) is 2. The van der Waals surface area contributed by atoms with Gasteiger partial charge in [-0.3, -0.25) is 4.79 Å². The van der Waals surface area contributed by atoms with Crippen LogP contribution in [0.4, 0.5) is 17.5 Å². The second kappa shape index (κ2) is 7.58. The molecule has 1 aromatic heterocycles. The average Bonchev–Trinajstić information content (AvgIpc) is 2.59. The third-order valence-electron chi connectivity index (χ3n) is 4.20. The van der Waals surface area contributed by atoms with Gasteiger partial charge in [-0.15, -0.1) is 0 Å². The molecular weight excluding hydrogens is 318 g/mol. The molecule has 1 aliphatic heterocycles. The number of aromatic nitrogens is 2. The Balaban J connectivity index is 1.83. The lowest BCUT2D eigenvalue weighted by Gasteiger charge is -2.29. The monoisotopic (exact) mass is 341 g/mol. The first-order valence-corrected chi connectivity index (χ1v) is 8.34. The summed E-state index contributed by atoms with van der Waals surface area (Å²) in [5.41, 5.74) is 8.54. The summed E-state index contributed by atoms with van der Waals surface area (Å²) in [6.07, 6.45) is 2.33. The summed E-state index contributed by atoms with van der Waals surface area (Å²) >= 11 is 0. The van der Waals surface area contributed by atoms with Crippen LogP contribution in [-0.4, -0.2) is 41.0 Å². The third kappa shape index (κ3) is 4.32. The highest BCUT2D eigenvalue weighted by molar-refractivity contribution is 5.99. The first-order valence-electron chi connectivity index (χ1n) is 8.34. The molecule has 0 unspecified atom stereocenters. The number of Topliss-reactive ketones (excluding diaryl/α,β-unsaturated/α-hetero) is 1. The van der Waals surface area contributed by atoms with Crippen molar-refractivity contribution in [3.05, 3.63) is 41.6 Å². The lowest BCUT2D eigenvalue weighted by molar-refractivity contribution is 0.0751. The molecule has 2 aromatic rings. The number of ketones is 1. The predicted octanol–water partition coefficient (Wildman–Crippen LogP) is 2.26. The van der Waals surface area contributed by atoms with Crippen LogP contribution in [0.25, 0.3) is 0 Å². The van der Waals surface area contributed by atoms with E-state index in [-0.39, 0.29) is 17.9 Å². The fourth-order valence-electron chi connectivity index (χ4n) is 2.68. The lowest BCUT2D eigenvalue weighted by Crippen LogP contribution is -2.47. The number of anilines is 3. The summed E-state index contributed by atoms with van der Waals surface area (Å²) in [5, 5.41) is 6.46. The molecule has 7 heteroatoms. The van der Waals surface area contributed by atoms with Crippen molar-refractivity contribution < 1.29 is 9.53 Å². The van der Waals surface area contributed by atoms with Crippen LogP contribution >= 0.6 is 0 Å². The van der Waals surface area contributed by atoms with Gasteiger partial charge in [0.05, 0.1) is 12.2 Å². The van der Waals surface area contributed by atoms with Crippen LogP contribution in [0, 0.1) is 6.92 Å². The second-order valence-electron chi connectivity index (χ2n) is 6.28. The van der Waals surface area contributed by atoms with E-state index in [9.17, 15) is 4.79 Å². The van der Waals surface area contributed by atoms with E-state index in [0.717, 1.165) is 17.7 Å². The summed E-state index contributed by atoms with van der Waals surface area (Å²) in [6, 6.07) is 7.82. The van der Waals surface area contributed by atoms with Gasteiger partial charge in [0.25, 0.3) is 0 Å². The topological polar surface area (TPSA) is 102 Å². The molecule has 1 aliphatic rings. The Hall–Kier alpha value is -2.51. The van der Waals surface area contributed by atoms with E-state index in [1.165, 1.54) is 6.92 Å². The molecule has 2 heterocycles. The van der Waals surface area contributed by atoms with E-state index in [1.807, 2.05) is 31.2 Å². The van der Waals surface area contributed by atoms with Crippen molar-refractivity contribution in [1.82, 2.24) is 9.97 Å². The summed E-state index contributed by atoms with van der Waals surface area (Å²) in [4.78, 5) is 20.6. The van der Waals surface area contributed by atoms with Crippen LogP contribution in [0.3, 0.4) is 0 Å². The number of nitrogens with two attached hydrogens (primary N) is 1. The number of nitrogens with zero attached hydrogens (tertiary/aromatic N) is 2. The second-order valence-corrected chi connectivity index (χ2v) is 6.28. The maximum absolute atomic E-state index is 11.9. The Morgan fingerprint density at radius 2 is 2.08 bits per heavy atom. The molecule has 0 radical (unpaired) electrons. The fraction of sp³-hybridized carbons (Fsp3) is 0.389. The zero-order valence-electron chi connectivity index (χ0n) is 14.5. The zero-order chi connectivity index (χ0) is 17.8. The summed E-state index contributed by atoms with van der Waals surface area (Å²) < 4.78 is 5.35. The number of aryl methyl sites for hydroxylation is 1. The molecule has 0 amide bonds. The summed E-state index contributed by atoms with van der Waals surface area (Å²) in [6.45, 7) is 4.69. The standard InChI is InChI=1S/C18H23N5O2/c1-11-3-5-13(6-4-11)21-17-14(12(2)24)9-20-18(23-17)22-16-7-8-25-10-15(16)19/h3-6,9,15-16H,7-8,10,19H2,1-2H3,(H2,20,21,22,23)/t15-,16+/m0/s1. The van der Waals surface area contributed by atoms with E-state index >= 15 is 0 Å². The molecule has 3 rings (SSSR count). The summed E-state index contributed by atoms with van der Waals surface area (Å²) in [7, 11) is 0. The Bertz CT molecular complexity index is 748. The van der Waals surface area contributed by atoms with E-state index in [0.29, 0.717) is 30.5 Å². The fourth-order valence-corrected chi connectivity index (χ4v) is 2.68.